The van der Waals surface area contributed by atoms with Crippen LogP contribution in [-0.2, 0) is 6.18 Å². The Morgan fingerprint density at radius 3 is 1.59 bits per heavy atom. The van der Waals surface area contributed by atoms with Crippen molar-refractivity contribution in [3.05, 3.63) is 138 Å². The van der Waals surface area contributed by atoms with Crippen molar-refractivity contribution in [2.45, 2.75) is 6.18 Å². The van der Waals surface area contributed by atoms with E-state index >= 15 is 0 Å². The molecule has 0 atom stereocenters. The summed E-state index contributed by atoms with van der Waals surface area (Å²) in [6, 6.07) is 34.5. The molecule has 0 unspecified atom stereocenters. The minimum Gasteiger partial charge on any atom is -0.398 e. The SMILES string of the molecule is Nc1c(C(=O)c2ccccc2)c(-c2ccccc2)cc(-c2ccccc2)c1-c1ccc(C(F)(F)F)cc1. The molecule has 0 fully saturated rings. The van der Waals surface area contributed by atoms with Crippen LogP contribution in [0.2, 0.25) is 0 Å². The molecule has 0 bridgehead atoms. The van der Waals surface area contributed by atoms with Gasteiger partial charge in [0.25, 0.3) is 0 Å². The number of benzene rings is 5. The first-order chi connectivity index (χ1) is 17.8. The van der Waals surface area contributed by atoms with Gasteiger partial charge in [0.2, 0.25) is 0 Å². The minimum absolute atomic E-state index is 0.216. The van der Waals surface area contributed by atoms with Crippen molar-refractivity contribution in [1.29, 1.82) is 0 Å². The highest BCUT2D eigenvalue weighted by atomic mass is 19.4. The smallest absolute Gasteiger partial charge is 0.398 e. The van der Waals surface area contributed by atoms with E-state index in [9.17, 15) is 18.0 Å². The maximum absolute atomic E-state index is 13.8. The molecule has 0 aromatic heterocycles. The fourth-order valence-corrected chi connectivity index (χ4v) is 4.51. The Kier molecular flexibility index (Phi) is 6.36. The first kappa shape index (κ1) is 24.1. The van der Waals surface area contributed by atoms with Gasteiger partial charge in [-0.2, -0.15) is 13.2 Å². The normalized spacial score (nSPS) is 11.3. The topological polar surface area (TPSA) is 43.1 Å². The van der Waals surface area contributed by atoms with E-state index in [-0.39, 0.29) is 11.5 Å². The summed E-state index contributed by atoms with van der Waals surface area (Å²) >= 11 is 0. The molecule has 0 amide bonds. The number of carbonyl (C=O) groups is 1. The molecule has 182 valence electrons. The Bertz CT molecular complexity index is 1540. The third-order valence-electron chi connectivity index (χ3n) is 6.30. The Balaban J connectivity index is 1.84. The van der Waals surface area contributed by atoms with E-state index < -0.39 is 11.7 Å². The third kappa shape index (κ3) is 4.76. The van der Waals surface area contributed by atoms with Crippen LogP contribution in [0.5, 0.6) is 0 Å². The average Bonchev–Trinajstić information content (AvgIpc) is 2.93. The number of anilines is 1. The first-order valence-electron chi connectivity index (χ1n) is 11.7. The van der Waals surface area contributed by atoms with E-state index in [1.165, 1.54) is 12.1 Å². The number of alkyl halides is 3. The maximum atomic E-state index is 13.8. The van der Waals surface area contributed by atoms with Crippen LogP contribution in [0, 0.1) is 0 Å². The van der Waals surface area contributed by atoms with Crippen molar-refractivity contribution < 1.29 is 18.0 Å². The molecule has 2 N–H and O–H groups in total. The predicted molar refractivity (Wildman–Crippen MR) is 142 cm³/mol. The molecule has 0 aliphatic carbocycles. The molecule has 0 saturated heterocycles. The highest BCUT2D eigenvalue weighted by Crippen LogP contribution is 2.44. The van der Waals surface area contributed by atoms with Gasteiger partial charge in [0, 0.05) is 11.1 Å². The fraction of sp³-hybridized carbons (Fsp3) is 0.0312. The summed E-state index contributed by atoms with van der Waals surface area (Å²) in [6.07, 6.45) is -4.46. The molecule has 5 heteroatoms. The summed E-state index contributed by atoms with van der Waals surface area (Å²) in [6.45, 7) is 0. The van der Waals surface area contributed by atoms with Crippen LogP contribution in [0.25, 0.3) is 33.4 Å². The predicted octanol–water partition coefficient (Wildman–Crippen LogP) is 8.52. The summed E-state index contributed by atoms with van der Waals surface area (Å²) < 4.78 is 39.8. The van der Waals surface area contributed by atoms with E-state index in [0.29, 0.717) is 27.8 Å². The second-order valence-electron chi connectivity index (χ2n) is 8.64. The number of nitrogen functional groups attached to an aromatic ring is 1. The van der Waals surface area contributed by atoms with Crippen LogP contribution in [0.1, 0.15) is 21.5 Å². The molecule has 2 nitrogen and oxygen atoms in total. The Labute approximate surface area is 212 Å². The third-order valence-corrected chi connectivity index (χ3v) is 6.30. The highest BCUT2D eigenvalue weighted by Gasteiger charge is 2.30. The van der Waals surface area contributed by atoms with E-state index in [1.54, 1.807) is 24.3 Å². The zero-order valence-corrected chi connectivity index (χ0v) is 19.7. The van der Waals surface area contributed by atoms with Gasteiger partial charge >= 0.3 is 6.18 Å². The molecule has 0 radical (unpaired) electrons. The second kappa shape index (κ2) is 9.78. The quantitative estimate of drug-likeness (QED) is 0.197. The monoisotopic (exact) mass is 493 g/mol. The Morgan fingerprint density at radius 1 is 0.595 bits per heavy atom. The van der Waals surface area contributed by atoms with Gasteiger partial charge in [-0.1, -0.05) is 103 Å². The summed E-state index contributed by atoms with van der Waals surface area (Å²) in [5.74, 6) is -0.260. The largest absolute Gasteiger partial charge is 0.416 e. The molecule has 0 aliphatic heterocycles. The molecule has 37 heavy (non-hydrogen) atoms. The van der Waals surface area contributed by atoms with Crippen molar-refractivity contribution in [3.63, 3.8) is 0 Å². The lowest BCUT2D eigenvalue weighted by Gasteiger charge is -2.21. The summed E-state index contributed by atoms with van der Waals surface area (Å²) in [7, 11) is 0. The highest BCUT2D eigenvalue weighted by molar-refractivity contribution is 6.19. The second-order valence-corrected chi connectivity index (χ2v) is 8.64. The zero-order valence-electron chi connectivity index (χ0n) is 19.7. The van der Waals surface area contributed by atoms with Crippen molar-refractivity contribution in [3.8, 4) is 33.4 Å². The lowest BCUT2D eigenvalue weighted by atomic mass is 9.83. The van der Waals surface area contributed by atoms with Crippen LogP contribution in [0.3, 0.4) is 0 Å². The van der Waals surface area contributed by atoms with Gasteiger partial charge in [0.05, 0.1) is 16.8 Å². The molecule has 5 rings (SSSR count). The van der Waals surface area contributed by atoms with Crippen LogP contribution in [-0.4, -0.2) is 5.78 Å². The number of carbonyl (C=O) groups excluding carboxylic acids is 1. The Hall–Kier alpha value is -4.64. The Morgan fingerprint density at radius 2 is 1.08 bits per heavy atom. The van der Waals surface area contributed by atoms with Gasteiger partial charge in [-0.15, -0.1) is 0 Å². The molecule has 5 aromatic rings. The van der Waals surface area contributed by atoms with Crippen LogP contribution in [0.4, 0.5) is 18.9 Å². The lowest BCUT2D eigenvalue weighted by Crippen LogP contribution is -2.10. The van der Waals surface area contributed by atoms with E-state index in [0.717, 1.165) is 28.8 Å². The molecular formula is C32H22F3NO. The summed E-state index contributed by atoms with van der Waals surface area (Å²) in [5, 5.41) is 0. The maximum Gasteiger partial charge on any atom is 0.416 e. The molecule has 0 heterocycles. The number of hydrogen-bond acceptors (Lipinski definition) is 2. The molecular weight excluding hydrogens is 471 g/mol. The van der Waals surface area contributed by atoms with Gasteiger partial charge in [0.15, 0.2) is 5.78 Å². The molecule has 5 aromatic carbocycles. The molecule has 0 spiro atoms. The number of ketones is 1. The lowest BCUT2D eigenvalue weighted by molar-refractivity contribution is -0.137. The number of hydrogen-bond donors (Lipinski definition) is 1. The van der Waals surface area contributed by atoms with E-state index in [4.69, 9.17) is 5.73 Å². The first-order valence-corrected chi connectivity index (χ1v) is 11.7. The standard InChI is InChI=1S/C32H22F3NO/c33-32(34,35)25-18-16-23(17-19-25)28-26(21-10-4-1-5-11-21)20-27(22-12-6-2-7-13-22)29(30(28)36)31(37)24-14-8-3-9-15-24/h1-20H,36H2. The summed E-state index contributed by atoms with van der Waals surface area (Å²) in [4.78, 5) is 13.8. The minimum atomic E-state index is -4.46. The van der Waals surface area contributed by atoms with Crippen LogP contribution >= 0.6 is 0 Å². The van der Waals surface area contributed by atoms with Crippen LogP contribution < -0.4 is 5.73 Å². The van der Waals surface area contributed by atoms with Crippen molar-refractivity contribution in [1.82, 2.24) is 0 Å². The van der Waals surface area contributed by atoms with Gasteiger partial charge in [-0.05, 0) is 46.0 Å². The average molecular weight is 494 g/mol. The van der Waals surface area contributed by atoms with Gasteiger partial charge in [0.1, 0.15) is 0 Å². The van der Waals surface area contributed by atoms with Crippen molar-refractivity contribution in [2.24, 2.45) is 0 Å². The number of halogens is 3. The van der Waals surface area contributed by atoms with Crippen LogP contribution in [0.15, 0.2) is 121 Å². The van der Waals surface area contributed by atoms with Gasteiger partial charge < -0.3 is 5.73 Å². The van der Waals surface area contributed by atoms with Crippen molar-refractivity contribution >= 4 is 11.5 Å². The van der Waals surface area contributed by atoms with Crippen molar-refractivity contribution in [2.75, 3.05) is 5.73 Å². The fourth-order valence-electron chi connectivity index (χ4n) is 4.51. The number of nitrogens with two attached hydrogens (primary N) is 1. The van der Waals surface area contributed by atoms with Gasteiger partial charge in [-0.25, -0.2) is 0 Å². The molecule has 0 saturated carbocycles. The summed E-state index contributed by atoms with van der Waals surface area (Å²) in [5.41, 5.74) is 11.1. The van der Waals surface area contributed by atoms with E-state index in [2.05, 4.69) is 0 Å². The van der Waals surface area contributed by atoms with Gasteiger partial charge in [-0.3, -0.25) is 4.79 Å². The van der Waals surface area contributed by atoms with E-state index in [1.807, 2.05) is 72.8 Å². The molecule has 0 aliphatic rings. The zero-order chi connectivity index (χ0) is 26.0. The number of rotatable bonds is 5.